The third-order valence-electron chi connectivity index (χ3n) is 3.92. The van der Waals surface area contributed by atoms with E-state index in [4.69, 9.17) is 11.6 Å². The normalized spacial score (nSPS) is 10.6. The number of fused-ring (bicyclic) bond motifs is 1. The SMILES string of the molecule is Cc1cc(C)c(NC(=O)CC(=O)Nc2cccc3cccnc23)c(Cl)c1. The summed E-state index contributed by atoms with van der Waals surface area (Å²) < 4.78 is 0. The number of halogens is 1. The standard InChI is InChI=1S/C20H18ClN3O2/c1-12-9-13(2)19(15(21)10-12)24-18(26)11-17(25)23-16-7-3-5-14-6-4-8-22-20(14)16/h3-10H,11H2,1-2H3,(H,23,25)(H,24,26). The largest absolute Gasteiger partial charge is 0.324 e. The van der Waals surface area contributed by atoms with Gasteiger partial charge in [-0.05, 0) is 43.2 Å². The van der Waals surface area contributed by atoms with Crippen molar-refractivity contribution in [2.24, 2.45) is 0 Å². The minimum Gasteiger partial charge on any atom is -0.324 e. The maximum atomic E-state index is 12.2. The van der Waals surface area contributed by atoms with Gasteiger partial charge in [0, 0.05) is 11.6 Å². The van der Waals surface area contributed by atoms with E-state index in [1.165, 1.54) is 0 Å². The number of hydrogen-bond acceptors (Lipinski definition) is 3. The number of nitrogens with one attached hydrogen (secondary N) is 2. The van der Waals surface area contributed by atoms with Gasteiger partial charge in [-0.1, -0.05) is 35.9 Å². The summed E-state index contributed by atoms with van der Waals surface area (Å²) >= 11 is 6.19. The van der Waals surface area contributed by atoms with Crippen LogP contribution in [0, 0.1) is 13.8 Å². The Morgan fingerprint density at radius 1 is 1.04 bits per heavy atom. The highest BCUT2D eigenvalue weighted by molar-refractivity contribution is 6.34. The zero-order chi connectivity index (χ0) is 18.7. The van der Waals surface area contributed by atoms with Gasteiger partial charge in [0.25, 0.3) is 0 Å². The summed E-state index contributed by atoms with van der Waals surface area (Å²) in [7, 11) is 0. The second-order valence-corrected chi connectivity index (χ2v) is 6.50. The van der Waals surface area contributed by atoms with E-state index in [0.717, 1.165) is 16.5 Å². The quantitative estimate of drug-likeness (QED) is 0.668. The molecule has 0 aliphatic heterocycles. The van der Waals surface area contributed by atoms with Crippen LogP contribution in [-0.4, -0.2) is 16.8 Å². The Kier molecular flexibility index (Phi) is 5.19. The van der Waals surface area contributed by atoms with Crippen molar-refractivity contribution in [3.63, 3.8) is 0 Å². The summed E-state index contributed by atoms with van der Waals surface area (Å²) in [6, 6.07) is 12.9. The van der Waals surface area contributed by atoms with Crippen LogP contribution in [0.25, 0.3) is 10.9 Å². The molecule has 2 aromatic carbocycles. The zero-order valence-corrected chi connectivity index (χ0v) is 15.2. The second kappa shape index (κ2) is 7.54. The van der Waals surface area contributed by atoms with Crippen LogP contribution in [0.3, 0.4) is 0 Å². The van der Waals surface area contributed by atoms with Crippen molar-refractivity contribution < 1.29 is 9.59 Å². The number of amides is 2. The van der Waals surface area contributed by atoms with E-state index in [-0.39, 0.29) is 6.42 Å². The van der Waals surface area contributed by atoms with E-state index in [2.05, 4.69) is 15.6 Å². The van der Waals surface area contributed by atoms with Crippen LogP contribution < -0.4 is 10.6 Å². The molecule has 3 aromatic rings. The molecular weight excluding hydrogens is 350 g/mol. The predicted octanol–water partition coefficient (Wildman–Crippen LogP) is 4.47. The maximum Gasteiger partial charge on any atom is 0.233 e. The number of para-hydroxylation sites is 1. The van der Waals surface area contributed by atoms with Gasteiger partial charge in [-0.3, -0.25) is 14.6 Å². The van der Waals surface area contributed by atoms with E-state index < -0.39 is 11.8 Å². The number of pyridine rings is 1. The van der Waals surface area contributed by atoms with E-state index >= 15 is 0 Å². The molecule has 3 rings (SSSR count). The van der Waals surface area contributed by atoms with Crippen LogP contribution in [0.2, 0.25) is 5.02 Å². The fourth-order valence-corrected chi connectivity index (χ4v) is 3.17. The fourth-order valence-electron chi connectivity index (χ4n) is 2.80. The Bertz CT molecular complexity index is 973. The first-order chi connectivity index (χ1) is 12.4. The third-order valence-corrected chi connectivity index (χ3v) is 4.22. The minimum absolute atomic E-state index is 0.313. The predicted molar refractivity (Wildman–Crippen MR) is 105 cm³/mol. The summed E-state index contributed by atoms with van der Waals surface area (Å²) in [5, 5.41) is 6.82. The van der Waals surface area contributed by atoms with Crippen LogP contribution in [0.1, 0.15) is 17.5 Å². The highest BCUT2D eigenvalue weighted by Crippen LogP contribution is 2.27. The Morgan fingerprint density at radius 2 is 1.77 bits per heavy atom. The van der Waals surface area contributed by atoms with Crippen molar-refractivity contribution in [2.75, 3.05) is 10.6 Å². The molecule has 2 amide bonds. The molecule has 0 saturated carbocycles. The number of rotatable bonds is 4. The first-order valence-corrected chi connectivity index (χ1v) is 8.52. The van der Waals surface area contributed by atoms with Crippen molar-refractivity contribution in [2.45, 2.75) is 20.3 Å². The smallest absolute Gasteiger partial charge is 0.233 e. The average molecular weight is 368 g/mol. The number of benzene rings is 2. The topological polar surface area (TPSA) is 71.1 Å². The molecule has 0 radical (unpaired) electrons. The molecule has 2 N–H and O–H groups in total. The summed E-state index contributed by atoms with van der Waals surface area (Å²) in [6.07, 6.45) is 1.35. The lowest BCUT2D eigenvalue weighted by molar-refractivity contribution is -0.123. The van der Waals surface area contributed by atoms with Crippen LogP contribution in [0.15, 0.2) is 48.7 Å². The molecule has 0 bridgehead atoms. The van der Waals surface area contributed by atoms with Gasteiger partial charge in [0.05, 0.1) is 21.9 Å². The Morgan fingerprint density at radius 3 is 2.54 bits per heavy atom. The van der Waals surface area contributed by atoms with Gasteiger partial charge in [0.15, 0.2) is 0 Å². The number of carbonyl (C=O) groups excluding carboxylic acids is 2. The summed E-state index contributed by atoms with van der Waals surface area (Å²) in [5.41, 5.74) is 3.64. The number of carbonyl (C=O) groups is 2. The lowest BCUT2D eigenvalue weighted by Crippen LogP contribution is -2.22. The van der Waals surface area contributed by atoms with Crippen molar-refractivity contribution in [1.29, 1.82) is 0 Å². The molecule has 5 nitrogen and oxygen atoms in total. The molecular formula is C20H18ClN3O2. The molecule has 6 heteroatoms. The van der Waals surface area contributed by atoms with E-state index in [1.807, 2.05) is 44.2 Å². The van der Waals surface area contributed by atoms with Crippen LogP contribution in [-0.2, 0) is 9.59 Å². The van der Waals surface area contributed by atoms with Gasteiger partial charge in [-0.15, -0.1) is 0 Å². The number of nitrogens with zero attached hydrogens (tertiary/aromatic N) is 1. The molecule has 0 fully saturated rings. The number of aromatic nitrogens is 1. The Hall–Kier alpha value is -2.92. The fraction of sp³-hybridized carbons (Fsp3) is 0.150. The molecule has 0 spiro atoms. The molecule has 0 aliphatic rings. The number of aryl methyl sites for hydroxylation is 2. The zero-order valence-electron chi connectivity index (χ0n) is 14.5. The third kappa shape index (κ3) is 4.00. The van der Waals surface area contributed by atoms with Crippen LogP contribution in [0.4, 0.5) is 11.4 Å². The van der Waals surface area contributed by atoms with Gasteiger partial charge in [0.2, 0.25) is 11.8 Å². The molecule has 0 unspecified atom stereocenters. The van der Waals surface area contributed by atoms with Crippen molar-refractivity contribution in [3.8, 4) is 0 Å². The van der Waals surface area contributed by atoms with Crippen molar-refractivity contribution in [1.82, 2.24) is 4.98 Å². The van der Waals surface area contributed by atoms with Gasteiger partial charge in [-0.2, -0.15) is 0 Å². The first-order valence-electron chi connectivity index (χ1n) is 8.14. The van der Waals surface area contributed by atoms with E-state index in [1.54, 1.807) is 18.3 Å². The maximum absolute atomic E-state index is 12.2. The summed E-state index contributed by atoms with van der Waals surface area (Å²) in [5.74, 6) is -0.842. The Labute approximate surface area is 156 Å². The van der Waals surface area contributed by atoms with Gasteiger partial charge in [0.1, 0.15) is 6.42 Å². The molecule has 0 aliphatic carbocycles. The monoisotopic (exact) mass is 367 g/mol. The van der Waals surface area contributed by atoms with Gasteiger partial charge < -0.3 is 10.6 Å². The van der Waals surface area contributed by atoms with Crippen LogP contribution in [0.5, 0.6) is 0 Å². The minimum atomic E-state index is -0.426. The molecule has 0 saturated heterocycles. The molecule has 1 heterocycles. The van der Waals surface area contributed by atoms with Crippen molar-refractivity contribution >= 4 is 45.7 Å². The highest BCUT2D eigenvalue weighted by atomic mass is 35.5. The molecule has 26 heavy (non-hydrogen) atoms. The molecule has 132 valence electrons. The molecule has 0 atom stereocenters. The van der Waals surface area contributed by atoms with Gasteiger partial charge >= 0.3 is 0 Å². The lowest BCUT2D eigenvalue weighted by Gasteiger charge is -2.12. The highest BCUT2D eigenvalue weighted by Gasteiger charge is 2.14. The first kappa shape index (κ1) is 17.9. The average Bonchev–Trinajstić information content (AvgIpc) is 2.58. The number of anilines is 2. The second-order valence-electron chi connectivity index (χ2n) is 6.09. The summed E-state index contributed by atoms with van der Waals surface area (Å²) in [6.45, 7) is 3.78. The van der Waals surface area contributed by atoms with Crippen molar-refractivity contribution in [3.05, 3.63) is 64.8 Å². The van der Waals surface area contributed by atoms with E-state index in [9.17, 15) is 9.59 Å². The number of hydrogen-bond donors (Lipinski definition) is 2. The van der Waals surface area contributed by atoms with Gasteiger partial charge in [-0.25, -0.2) is 0 Å². The lowest BCUT2D eigenvalue weighted by atomic mass is 10.1. The van der Waals surface area contributed by atoms with Crippen LogP contribution >= 0.6 is 11.6 Å². The Balaban J connectivity index is 1.69. The summed E-state index contributed by atoms with van der Waals surface area (Å²) in [4.78, 5) is 28.7. The van der Waals surface area contributed by atoms with E-state index in [0.29, 0.717) is 21.9 Å². The molecule has 1 aromatic heterocycles.